The van der Waals surface area contributed by atoms with Gasteiger partial charge in [-0.1, -0.05) is 24.3 Å². The molecule has 4 heteroatoms. The molecule has 1 amide bonds. The number of amides is 1. The van der Waals surface area contributed by atoms with Gasteiger partial charge in [-0.25, -0.2) is 0 Å². The fourth-order valence-corrected chi connectivity index (χ4v) is 2.50. The molecule has 22 heavy (non-hydrogen) atoms. The molecule has 0 fully saturated rings. The Hall–Kier alpha value is -2.62. The highest BCUT2D eigenvalue weighted by molar-refractivity contribution is 5.87. The molecule has 1 aromatic carbocycles. The Morgan fingerprint density at radius 1 is 1.18 bits per heavy atom. The van der Waals surface area contributed by atoms with Crippen LogP contribution in [0.15, 0.2) is 53.1 Å². The number of benzene rings is 1. The summed E-state index contributed by atoms with van der Waals surface area (Å²) >= 11 is 0. The number of carbonyl (C=O) groups excluding carboxylic acids is 1. The van der Waals surface area contributed by atoms with Crippen LogP contribution in [0.1, 0.15) is 17.1 Å². The second kappa shape index (κ2) is 6.02. The molecule has 0 N–H and O–H groups in total. The molecule has 4 nitrogen and oxygen atoms in total. The van der Waals surface area contributed by atoms with Crippen LogP contribution >= 0.6 is 0 Å². The minimum Gasteiger partial charge on any atom is -0.464 e. The number of fused-ring (bicyclic) bond motifs is 1. The number of aromatic nitrogens is 1. The van der Waals surface area contributed by atoms with Gasteiger partial charge in [0, 0.05) is 18.6 Å². The monoisotopic (exact) mass is 294 g/mol. The van der Waals surface area contributed by atoms with E-state index in [2.05, 4.69) is 4.98 Å². The van der Waals surface area contributed by atoms with Gasteiger partial charge in [0.15, 0.2) is 0 Å². The number of hydrogen-bond donors (Lipinski definition) is 0. The zero-order chi connectivity index (χ0) is 15.5. The summed E-state index contributed by atoms with van der Waals surface area (Å²) < 4.78 is 5.52. The molecule has 112 valence electrons. The van der Waals surface area contributed by atoms with E-state index in [9.17, 15) is 4.79 Å². The lowest BCUT2D eigenvalue weighted by molar-refractivity contribution is -0.129. The average molecular weight is 294 g/mol. The van der Waals surface area contributed by atoms with Crippen molar-refractivity contribution in [3.8, 4) is 0 Å². The van der Waals surface area contributed by atoms with E-state index in [1.807, 2.05) is 49.4 Å². The summed E-state index contributed by atoms with van der Waals surface area (Å²) in [4.78, 5) is 18.5. The van der Waals surface area contributed by atoms with Crippen LogP contribution in [0.25, 0.3) is 10.9 Å². The predicted octanol–water partition coefficient (Wildman–Crippen LogP) is 3.34. The topological polar surface area (TPSA) is 46.3 Å². The maximum atomic E-state index is 12.4. The Balaban J connectivity index is 1.75. The van der Waals surface area contributed by atoms with Crippen LogP contribution in [0.5, 0.6) is 0 Å². The summed E-state index contributed by atoms with van der Waals surface area (Å²) in [5.41, 5.74) is 1.84. The molecule has 3 rings (SSSR count). The van der Waals surface area contributed by atoms with E-state index in [-0.39, 0.29) is 5.91 Å². The Morgan fingerprint density at radius 2 is 2.00 bits per heavy atom. The van der Waals surface area contributed by atoms with Gasteiger partial charge in [-0.15, -0.1) is 0 Å². The third-order valence-corrected chi connectivity index (χ3v) is 3.67. The SMILES string of the molecule is Cc1ccc(CN(C)C(=O)Cc2cccc3cccnc23)o1. The van der Waals surface area contributed by atoms with Crippen molar-refractivity contribution in [2.75, 3.05) is 7.05 Å². The molecule has 0 spiro atoms. The van der Waals surface area contributed by atoms with E-state index >= 15 is 0 Å². The first-order valence-electron chi connectivity index (χ1n) is 7.25. The van der Waals surface area contributed by atoms with Crippen molar-refractivity contribution in [2.45, 2.75) is 19.9 Å². The van der Waals surface area contributed by atoms with Crippen LogP contribution in [0.2, 0.25) is 0 Å². The van der Waals surface area contributed by atoms with Crippen molar-refractivity contribution in [1.82, 2.24) is 9.88 Å². The highest BCUT2D eigenvalue weighted by Crippen LogP contribution is 2.17. The molecule has 0 saturated heterocycles. The predicted molar refractivity (Wildman–Crippen MR) is 85.4 cm³/mol. The largest absolute Gasteiger partial charge is 0.464 e. The fourth-order valence-electron chi connectivity index (χ4n) is 2.50. The second-order valence-corrected chi connectivity index (χ2v) is 5.43. The summed E-state index contributed by atoms with van der Waals surface area (Å²) in [6.45, 7) is 2.37. The lowest BCUT2D eigenvalue weighted by Crippen LogP contribution is -2.27. The number of rotatable bonds is 4. The van der Waals surface area contributed by atoms with Gasteiger partial charge < -0.3 is 9.32 Å². The molecular weight excluding hydrogens is 276 g/mol. The fraction of sp³-hybridized carbons (Fsp3) is 0.222. The second-order valence-electron chi connectivity index (χ2n) is 5.43. The van der Waals surface area contributed by atoms with Crippen LogP contribution in [-0.4, -0.2) is 22.8 Å². The van der Waals surface area contributed by atoms with Crippen molar-refractivity contribution in [2.24, 2.45) is 0 Å². The minimum atomic E-state index is 0.0483. The van der Waals surface area contributed by atoms with E-state index in [1.165, 1.54) is 0 Å². The minimum absolute atomic E-state index is 0.0483. The summed E-state index contributed by atoms with van der Waals surface area (Å²) in [5.74, 6) is 1.70. The maximum absolute atomic E-state index is 12.4. The van der Waals surface area contributed by atoms with Gasteiger partial charge in [0.05, 0.1) is 18.5 Å². The van der Waals surface area contributed by atoms with Gasteiger partial charge in [-0.3, -0.25) is 9.78 Å². The van der Waals surface area contributed by atoms with Crippen molar-refractivity contribution in [1.29, 1.82) is 0 Å². The number of carbonyl (C=O) groups is 1. The van der Waals surface area contributed by atoms with Gasteiger partial charge in [0.1, 0.15) is 11.5 Å². The number of nitrogens with zero attached hydrogens (tertiary/aromatic N) is 2. The molecule has 0 saturated carbocycles. The molecule has 0 atom stereocenters. The number of hydrogen-bond acceptors (Lipinski definition) is 3. The summed E-state index contributed by atoms with van der Waals surface area (Å²) in [6.07, 6.45) is 2.09. The van der Waals surface area contributed by atoms with Crippen molar-refractivity contribution >= 4 is 16.8 Å². The van der Waals surface area contributed by atoms with Crippen LogP contribution in [0, 0.1) is 6.92 Å². The highest BCUT2D eigenvalue weighted by atomic mass is 16.3. The lowest BCUT2D eigenvalue weighted by atomic mass is 10.1. The molecule has 0 aliphatic rings. The first kappa shape index (κ1) is 14.3. The lowest BCUT2D eigenvalue weighted by Gasteiger charge is -2.16. The quantitative estimate of drug-likeness (QED) is 0.741. The van der Waals surface area contributed by atoms with E-state index in [0.29, 0.717) is 13.0 Å². The first-order valence-corrected chi connectivity index (χ1v) is 7.25. The molecule has 0 bridgehead atoms. The van der Waals surface area contributed by atoms with Gasteiger partial charge in [-0.2, -0.15) is 0 Å². The number of pyridine rings is 1. The smallest absolute Gasteiger partial charge is 0.227 e. The molecular formula is C18H18N2O2. The van der Waals surface area contributed by atoms with E-state index < -0.39 is 0 Å². The standard InChI is InChI=1S/C18H18N2O2/c1-13-8-9-16(22-13)12-20(2)17(21)11-15-6-3-5-14-7-4-10-19-18(14)15/h3-10H,11-12H2,1-2H3. The van der Waals surface area contributed by atoms with Crippen LogP contribution in [0.3, 0.4) is 0 Å². The van der Waals surface area contributed by atoms with Gasteiger partial charge in [0.2, 0.25) is 5.91 Å². The molecule has 2 heterocycles. The maximum Gasteiger partial charge on any atom is 0.227 e. The molecule has 0 unspecified atom stereocenters. The van der Waals surface area contributed by atoms with Crippen molar-refractivity contribution in [3.05, 3.63) is 65.7 Å². The third kappa shape index (κ3) is 3.01. The number of likely N-dealkylation sites (N-methyl/N-ethyl adjacent to an activating group) is 1. The Labute approximate surface area is 129 Å². The Bertz CT molecular complexity index is 802. The molecule has 0 aliphatic heterocycles. The van der Waals surface area contributed by atoms with E-state index in [4.69, 9.17) is 4.42 Å². The Kier molecular flexibility index (Phi) is 3.92. The Morgan fingerprint density at radius 3 is 2.77 bits per heavy atom. The zero-order valence-corrected chi connectivity index (χ0v) is 12.7. The third-order valence-electron chi connectivity index (χ3n) is 3.67. The van der Waals surface area contributed by atoms with Crippen LogP contribution < -0.4 is 0 Å². The summed E-state index contributed by atoms with van der Waals surface area (Å²) in [5, 5.41) is 1.05. The molecule has 0 aliphatic carbocycles. The number of furan rings is 1. The highest BCUT2D eigenvalue weighted by Gasteiger charge is 2.13. The van der Waals surface area contributed by atoms with Crippen LogP contribution in [-0.2, 0) is 17.8 Å². The number of para-hydroxylation sites is 1. The molecule has 3 aromatic rings. The number of aryl methyl sites for hydroxylation is 1. The normalized spacial score (nSPS) is 10.8. The van der Waals surface area contributed by atoms with E-state index in [0.717, 1.165) is 28.0 Å². The van der Waals surface area contributed by atoms with Crippen LogP contribution in [0.4, 0.5) is 0 Å². The van der Waals surface area contributed by atoms with Gasteiger partial charge >= 0.3 is 0 Å². The van der Waals surface area contributed by atoms with Crippen molar-refractivity contribution < 1.29 is 9.21 Å². The molecule has 2 aromatic heterocycles. The van der Waals surface area contributed by atoms with Gasteiger partial charge in [0.25, 0.3) is 0 Å². The van der Waals surface area contributed by atoms with Gasteiger partial charge in [-0.05, 0) is 30.7 Å². The first-order chi connectivity index (χ1) is 10.6. The molecule has 0 radical (unpaired) electrons. The van der Waals surface area contributed by atoms with Crippen molar-refractivity contribution in [3.63, 3.8) is 0 Å². The summed E-state index contributed by atoms with van der Waals surface area (Å²) in [6, 6.07) is 13.6. The average Bonchev–Trinajstić information content (AvgIpc) is 2.92. The zero-order valence-electron chi connectivity index (χ0n) is 12.7. The summed E-state index contributed by atoms with van der Waals surface area (Å²) in [7, 11) is 1.79. The van der Waals surface area contributed by atoms with E-state index in [1.54, 1.807) is 18.1 Å².